The Labute approximate surface area is 249 Å². The Hall–Kier alpha value is -3.25. The van der Waals surface area contributed by atoms with Gasteiger partial charge < -0.3 is 26.6 Å². The topological polar surface area (TPSA) is 160 Å². The van der Waals surface area contributed by atoms with Crippen molar-refractivity contribution < 1.29 is 14.4 Å². The van der Waals surface area contributed by atoms with E-state index in [9.17, 15) is 14.4 Å². The lowest BCUT2D eigenvalue weighted by atomic mass is 9.51. The molecule has 4 atom stereocenters. The maximum atomic E-state index is 14.0. The molecule has 1 aromatic carbocycles. The van der Waals surface area contributed by atoms with Crippen molar-refractivity contribution in [1.82, 2.24) is 25.1 Å². The average Bonchev–Trinajstić information content (AvgIpc) is 3.76. The molecular formula is C30H38BN7O3S. The predicted octanol–water partition coefficient (Wildman–Crippen LogP) is 3.35. The van der Waals surface area contributed by atoms with Crippen LogP contribution in [-0.2, 0) is 22.4 Å². The van der Waals surface area contributed by atoms with Crippen molar-refractivity contribution in [2.45, 2.75) is 94.5 Å². The minimum atomic E-state index is -0.919. The highest BCUT2D eigenvalue weighted by atomic mass is 32.1. The lowest BCUT2D eigenvalue weighted by Crippen LogP contribution is -2.66. The number of hydrogen-bond acceptors (Lipinski definition) is 8. The molecular weight excluding hydrogens is 549 g/mol. The maximum absolute atomic E-state index is 14.0. The van der Waals surface area contributed by atoms with E-state index in [4.69, 9.17) is 11.5 Å². The van der Waals surface area contributed by atoms with Crippen molar-refractivity contribution in [1.29, 1.82) is 0 Å². The summed E-state index contributed by atoms with van der Waals surface area (Å²) in [5.41, 5.74) is 14.3. The minimum absolute atomic E-state index is 0.0214. The molecule has 1 saturated carbocycles. The molecule has 0 spiro atoms. The van der Waals surface area contributed by atoms with Gasteiger partial charge in [-0.1, -0.05) is 56.9 Å². The summed E-state index contributed by atoms with van der Waals surface area (Å²) in [6.07, 6.45) is 10.5. The second kappa shape index (κ2) is 10.8. The number of rotatable bonds is 7. The first-order valence-electron chi connectivity index (χ1n) is 15.4. The zero-order chi connectivity index (χ0) is 29.0. The smallest absolute Gasteiger partial charge is 0.259 e. The second-order valence-corrected chi connectivity index (χ2v) is 13.9. The number of ketones is 1. The van der Waals surface area contributed by atoms with E-state index in [1.165, 1.54) is 30.6 Å². The molecule has 10 nitrogen and oxygen atoms in total. The van der Waals surface area contributed by atoms with Crippen molar-refractivity contribution in [2.75, 3.05) is 5.73 Å². The maximum Gasteiger partial charge on any atom is 0.259 e. The molecule has 220 valence electrons. The van der Waals surface area contributed by atoms with Crippen LogP contribution >= 0.6 is 11.3 Å². The van der Waals surface area contributed by atoms with Gasteiger partial charge in [0, 0.05) is 5.69 Å². The third-order valence-electron chi connectivity index (χ3n) is 10.1. The molecule has 2 amide bonds. The van der Waals surface area contributed by atoms with Gasteiger partial charge in [-0.2, -0.15) is 0 Å². The number of aromatic amines is 1. The summed E-state index contributed by atoms with van der Waals surface area (Å²) in [4.78, 5) is 55.9. The van der Waals surface area contributed by atoms with Gasteiger partial charge >= 0.3 is 0 Å². The van der Waals surface area contributed by atoms with Crippen LogP contribution in [0, 0.1) is 11.8 Å². The van der Waals surface area contributed by atoms with Gasteiger partial charge in [0.15, 0.2) is 11.0 Å². The molecule has 3 aromatic rings. The molecule has 4 aliphatic rings. The van der Waals surface area contributed by atoms with E-state index in [0.717, 1.165) is 47.1 Å². The largest absolute Gasteiger partial charge is 0.374 e. The van der Waals surface area contributed by atoms with E-state index in [-0.39, 0.29) is 30.4 Å². The van der Waals surface area contributed by atoms with Crippen molar-refractivity contribution in [3.05, 3.63) is 40.7 Å². The van der Waals surface area contributed by atoms with Crippen LogP contribution in [-0.4, -0.2) is 61.8 Å². The lowest BCUT2D eigenvalue weighted by molar-refractivity contribution is -0.140. The van der Waals surface area contributed by atoms with Gasteiger partial charge in [0.1, 0.15) is 0 Å². The molecule has 7 rings (SSSR count). The molecule has 4 heterocycles. The average molecular weight is 588 g/mol. The van der Waals surface area contributed by atoms with Crippen LogP contribution < -0.4 is 16.8 Å². The van der Waals surface area contributed by atoms with Gasteiger partial charge in [0.05, 0.1) is 33.5 Å². The van der Waals surface area contributed by atoms with Gasteiger partial charge in [-0.25, -0.2) is 9.97 Å². The number of fused-ring (bicyclic) bond motifs is 3. The lowest BCUT2D eigenvalue weighted by Gasteiger charge is -2.44. The first-order valence-corrected chi connectivity index (χ1v) is 16.3. The fourth-order valence-corrected chi connectivity index (χ4v) is 8.94. The number of nitrogen functional groups attached to an aromatic ring is 1. The van der Waals surface area contributed by atoms with E-state index in [0.29, 0.717) is 49.0 Å². The predicted molar refractivity (Wildman–Crippen MR) is 163 cm³/mol. The van der Waals surface area contributed by atoms with E-state index in [1.807, 2.05) is 24.3 Å². The Morgan fingerprint density at radius 3 is 2.74 bits per heavy atom. The van der Waals surface area contributed by atoms with Crippen molar-refractivity contribution >= 4 is 51.9 Å². The number of H-pyrrole nitrogens is 1. The normalized spacial score (nSPS) is 25.5. The van der Waals surface area contributed by atoms with E-state index < -0.39 is 17.6 Å². The number of amides is 2. The number of thiazole rings is 1. The van der Waals surface area contributed by atoms with Gasteiger partial charge in [-0.15, -0.1) is 11.3 Å². The van der Waals surface area contributed by atoms with Crippen LogP contribution in [0.5, 0.6) is 0 Å². The summed E-state index contributed by atoms with van der Waals surface area (Å²) in [5, 5.41) is 3.49. The molecule has 2 aliphatic heterocycles. The molecule has 2 aliphatic carbocycles. The Morgan fingerprint density at radius 2 is 1.95 bits per heavy atom. The Bertz CT molecular complexity index is 1480. The number of carbonyl (C=O) groups is 3. The monoisotopic (exact) mass is 587 g/mol. The number of anilines is 1. The second-order valence-electron chi connectivity index (χ2n) is 12.9. The number of nitrogens with one attached hydrogen (secondary N) is 2. The molecule has 12 heteroatoms. The summed E-state index contributed by atoms with van der Waals surface area (Å²) in [5.74, 6) is 0.0455. The number of nitrogens with zero attached hydrogens (tertiary/aromatic N) is 3. The van der Waals surface area contributed by atoms with Crippen LogP contribution in [0.3, 0.4) is 0 Å². The quantitative estimate of drug-likeness (QED) is 0.244. The highest BCUT2D eigenvalue weighted by Crippen LogP contribution is 2.40. The molecule has 2 aromatic heterocycles. The first kappa shape index (κ1) is 27.6. The SMILES string of the molecule is Nc1nc2c([nH]1)CC([C@H](NC(=O)[C@@H]1CCB3CC[C@@](N)(CC4CCCCC4)C(=O)N31)C(=O)c1nc3ccccc3s1)C2. The third-order valence-corrected chi connectivity index (χ3v) is 11.2. The fourth-order valence-electron chi connectivity index (χ4n) is 8.00. The Balaban J connectivity index is 1.13. The summed E-state index contributed by atoms with van der Waals surface area (Å²) in [7, 11) is 0. The third kappa shape index (κ3) is 4.92. The number of hydrogen-bond donors (Lipinski definition) is 4. The molecule has 42 heavy (non-hydrogen) atoms. The van der Waals surface area contributed by atoms with Gasteiger partial charge in [-0.3, -0.25) is 14.4 Å². The van der Waals surface area contributed by atoms with E-state index in [2.05, 4.69) is 20.3 Å². The Kier molecular flexibility index (Phi) is 7.09. The van der Waals surface area contributed by atoms with Gasteiger partial charge in [0.25, 0.3) is 6.85 Å². The summed E-state index contributed by atoms with van der Waals surface area (Å²) in [6.45, 7) is 0.0214. The van der Waals surface area contributed by atoms with Gasteiger partial charge in [-0.05, 0) is 56.1 Å². The zero-order valence-corrected chi connectivity index (χ0v) is 24.6. The number of benzene rings is 1. The van der Waals surface area contributed by atoms with E-state index >= 15 is 0 Å². The molecule has 0 radical (unpaired) electrons. The van der Waals surface area contributed by atoms with Crippen LogP contribution in [0.1, 0.15) is 72.6 Å². The molecule has 6 N–H and O–H groups in total. The molecule has 3 fully saturated rings. The highest BCUT2D eigenvalue weighted by molar-refractivity contribution is 7.20. The number of imidazole rings is 1. The summed E-state index contributed by atoms with van der Waals surface area (Å²) >= 11 is 1.34. The van der Waals surface area contributed by atoms with Gasteiger partial charge in [0.2, 0.25) is 17.6 Å². The first-order chi connectivity index (χ1) is 20.3. The number of nitrogens with two attached hydrogens (primary N) is 2. The number of Topliss-reactive ketones (excluding diaryl/α,β-unsaturated/α-hetero) is 1. The van der Waals surface area contributed by atoms with Crippen molar-refractivity contribution in [3.8, 4) is 0 Å². The van der Waals surface area contributed by atoms with Crippen LogP contribution in [0.4, 0.5) is 5.95 Å². The zero-order valence-electron chi connectivity index (χ0n) is 23.8. The number of aromatic nitrogens is 3. The summed E-state index contributed by atoms with van der Waals surface area (Å²) in [6, 6.07) is 6.22. The number of para-hydroxylation sites is 1. The van der Waals surface area contributed by atoms with Crippen LogP contribution in [0.15, 0.2) is 24.3 Å². The standard InChI is InChI=1S/C30H38BN7O3S/c32-29-35-20-14-18(15-21(20)36-29)24(25(39)27-34-19-8-4-5-9-23(19)42-27)37-26(40)22-10-12-31-13-11-30(33,28(41)38(22)31)16-17-6-2-1-3-7-17/h4-5,8-9,17-18,22,24H,1-3,6-7,10-16,33H2,(H,37,40)(H3,32,35,36)/t22-,24-,30+/m0/s1. The van der Waals surface area contributed by atoms with Crippen LogP contribution in [0.2, 0.25) is 12.6 Å². The molecule has 2 saturated heterocycles. The van der Waals surface area contributed by atoms with Crippen molar-refractivity contribution in [2.24, 2.45) is 17.6 Å². The fraction of sp³-hybridized carbons (Fsp3) is 0.567. The minimum Gasteiger partial charge on any atom is -0.374 e. The van der Waals surface area contributed by atoms with Crippen molar-refractivity contribution in [3.63, 3.8) is 0 Å². The highest BCUT2D eigenvalue weighted by Gasteiger charge is 2.53. The van der Waals surface area contributed by atoms with E-state index in [1.54, 1.807) is 4.81 Å². The Morgan fingerprint density at radius 1 is 1.14 bits per heavy atom. The molecule has 0 bridgehead atoms. The summed E-state index contributed by atoms with van der Waals surface area (Å²) < 4.78 is 0.923. The number of carbonyl (C=O) groups excluding carboxylic acids is 3. The molecule has 1 unspecified atom stereocenters. The van der Waals surface area contributed by atoms with Crippen LogP contribution in [0.25, 0.3) is 10.2 Å².